The fourth-order valence-electron chi connectivity index (χ4n) is 4.14. The van der Waals surface area contributed by atoms with Gasteiger partial charge < -0.3 is 10.2 Å². The van der Waals surface area contributed by atoms with E-state index >= 15 is 0 Å². The van der Waals surface area contributed by atoms with Gasteiger partial charge in [-0.15, -0.1) is 0 Å². The van der Waals surface area contributed by atoms with E-state index in [-0.39, 0.29) is 24.3 Å². The largest absolute Gasteiger partial charge is 0.349 e. The molecule has 1 aromatic carbocycles. The Kier molecular flexibility index (Phi) is 6.76. The van der Waals surface area contributed by atoms with E-state index < -0.39 is 5.82 Å². The second-order valence-corrected chi connectivity index (χ2v) is 8.22. The number of nitriles is 1. The van der Waals surface area contributed by atoms with Crippen LogP contribution in [0.2, 0.25) is 0 Å². The fraction of sp³-hybridized carbons (Fsp3) is 0.435. The van der Waals surface area contributed by atoms with Crippen molar-refractivity contribution in [1.82, 2.24) is 14.4 Å². The standard InChI is InChI=1S/C23H28FN5O2/c1-15-16(2)29(19-9-5-8-18(24)11-19)22(20(15)12-25)26-21(30)14-28-10-6-7-17(13-28)23(31)27(3)4/h5,8-9,11,17H,6-7,10,13-14H2,1-4H3,(H,26,30). The Morgan fingerprint density at radius 2 is 2.06 bits per heavy atom. The monoisotopic (exact) mass is 425 g/mol. The summed E-state index contributed by atoms with van der Waals surface area (Å²) in [6, 6.07) is 8.19. The zero-order valence-electron chi connectivity index (χ0n) is 18.4. The summed E-state index contributed by atoms with van der Waals surface area (Å²) < 4.78 is 15.5. The number of amides is 2. The minimum absolute atomic E-state index is 0.0723. The lowest BCUT2D eigenvalue weighted by molar-refractivity contribution is -0.135. The quantitative estimate of drug-likeness (QED) is 0.799. The third-order valence-corrected chi connectivity index (χ3v) is 5.81. The van der Waals surface area contributed by atoms with Crippen LogP contribution in [0.15, 0.2) is 24.3 Å². The lowest BCUT2D eigenvalue weighted by Crippen LogP contribution is -2.45. The van der Waals surface area contributed by atoms with E-state index in [0.29, 0.717) is 23.6 Å². The minimum Gasteiger partial charge on any atom is -0.349 e. The van der Waals surface area contributed by atoms with E-state index in [9.17, 15) is 19.2 Å². The summed E-state index contributed by atoms with van der Waals surface area (Å²) >= 11 is 0. The normalized spacial score (nSPS) is 16.6. The number of nitrogens with one attached hydrogen (secondary N) is 1. The highest BCUT2D eigenvalue weighted by Crippen LogP contribution is 2.30. The van der Waals surface area contributed by atoms with Gasteiger partial charge in [-0.05, 0) is 57.0 Å². The van der Waals surface area contributed by atoms with E-state index in [1.807, 2.05) is 11.8 Å². The number of carbonyl (C=O) groups is 2. The number of likely N-dealkylation sites (tertiary alicyclic amines) is 1. The zero-order chi connectivity index (χ0) is 22.7. The summed E-state index contributed by atoms with van der Waals surface area (Å²) in [4.78, 5) is 28.7. The first-order valence-corrected chi connectivity index (χ1v) is 10.3. The molecule has 2 amide bonds. The highest BCUT2D eigenvalue weighted by molar-refractivity contribution is 5.93. The zero-order valence-corrected chi connectivity index (χ0v) is 18.4. The second kappa shape index (κ2) is 9.31. The van der Waals surface area contributed by atoms with Gasteiger partial charge in [0.1, 0.15) is 17.7 Å². The summed E-state index contributed by atoms with van der Waals surface area (Å²) in [6.45, 7) is 5.02. The lowest BCUT2D eigenvalue weighted by atomic mass is 9.97. The molecule has 0 bridgehead atoms. The number of benzene rings is 1. The van der Waals surface area contributed by atoms with Crippen molar-refractivity contribution < 1.29 is 14.0 Å². The van der Waals surface area contributed by atoms with E-state index in [2.05, 4.69) is 11.4 Å². The molecule has 0 aliphatic carbocycles. The molecule has 164 valence electrons. The molecule has 2 heterocycles. The van der Waals surface area contributed by atoms with Crippen molar-refractivity contribution in [2.45, 2.75) is 26.7 Å². The number of anilines is 1. The number of nitrogens with zero attached hydrogens (tertiary/aromatic N) is 4. The van der Waals surface area contributed by atoms with Gasteiger partial charge in [0.05, 0.1) is 23.7 Å². The van der Waals surface area contributed by atoms with Crippen LogP contribution in [-0.4, -0.2) is 59.9 Å². The van der Waals surface area contributed by atoms with Gasteiger partial charge in [0.2, 0.25) is 11.8 Å². The molecule has 2 aromatic rings. The fourth-order valence-corrected chi connectivity index (χ4v) is 4.14. The van der Waals surface area contributed by atoms with Crippen molar-refractivity contribution in [1.29, 1.82) is 5.26 Å². The summed E-state index contributed by atoms with van der Waals surface area (Å²) in [7, 11) is 3.48. The van der Waals surface area contributed by atoms with Gasteiger partial charge >= 0.3 is 0 Å². The Morgan fingerprint density at radius 3 is 2.71 bits per heavy atom. The van der Waals surface area contributed by atoms with Crippen molar-refractivity contribution in [3.05, 3.63) is 46.9 Å². The Labute approximate surface area is 182 Å². The molecule has 8 heteroatoms. The van der Waals surface area contributed by atoms with Gasteiger partial charge in [-0.2, -0.15) is 5.26 Å². The van der Waals surface area contributed by atoms with Gasteiger partial charge in [-0.1, -0.05) is 6.07 Å². The molecule has 0 saturated carbocycles. The molecule has 1 aromatic heterocycles. The predicted molar refractivity (Wildman–Crippen MR) is 116 cm³/mol. The molecule has 1 N–H and O–H groups in total. The molecule has 1 atom stereocenters. The molecule has 31 heavy (non-hydrogen) atoms. The van der Waals surface area contributed by atoms with Crippen LogP contribution < -0.4 is 5.32 Å². The second-order valence-electron chi connectivity index (χ2n) is 8.22. The molecule has 1 aliphatic heterocycles. The highest BCUT2D eigenvalue weighted by Gasteiger charge is 2.28. The van der Waals surface area contributed by atoms with E-state index in [1.54, 1.807) is 42.6 Å². The van der Waals surface area contributed by atoms with E-state index in [1.165, 1.54) is 12.1 Å². The van der Waals surface area contributed by atoms with Crippen LogP contribution in [0.3, 0.4) is 0 Å². The maximum atomic E-state index is 13.8. The molecule has 1 unspecified atom stereocenters. The molecule has 1 aliphatic rings. The van der Waals surface area contributed by atoms with Crippen LogP contribution in [-0.2, 0) is 9.59 Å². The van der Waals surface area contributed by atoms with Crippen LogP contribution in [0.5, 0.6) is 0 Å². The van der Waals surface area contributed by atoms with Crippen molar-refractivity contribution in [3.63, 3.8) is 0 Å². The van der Waals surface area contributed by atoms with Crippen LogP contribution in [0, 0.1) is 36.9 Å². The summed E-state index contributed by atoms with van der Waals surface area (Å²) in [5.41, 5.74) is 2.38. The number of carbonyl (C=O) groups excluding carboxylic acids is 2. The molecule has 1 fully saturated rings. The van der Waals surface area contributed by atoms with Crippen molar-refractivity contribution in [3.8, 4) is 11.8 Å². The topological polar surface area (TPSA) is 81.4 Å². The first-order valence-electron chi connectivity index (χ1n) is 10.3. The van der Waals surface area contributed by atoms with Gasteiger partial charge in [0.15, 0.2) is 0 Å². The predicted octanol–water partition coefficient (Wildman–Crippen LogP) is 2.84. The van der Waals surface area contributed by atoms with Gasteiger partial charge in [-0.25, -0.2) is 4.39 Å². The van der Waals surface area contributed by atoms with Gasteiger partial charge in [0.25, 0.3) is 0 Å². The smallest absolute Gasteiger partial charge is 0.239 e. The Hall–Kier alpha value is -3.18. The lowest BCUT2D eigenvalue weighted by Gasteiger charge is -2.32. The molecule has 1 saturated heterocycles. The Balaban J connectivity index is 1.82. The first-order chi connectivity index (χ1) is 14.7. The number of aromatic nitrogens is 1. The van der Waals surface area contributed by atoms with Crippen LogP contribution in [0.25, 0.3) is 5.69 Å². The molecule has 3 rings (SSSR count). The maximum Gasteiger partial charge on any atom is 0.239 e. The molecular formula is C23H28FN5O2. The number of rotatable bonds is 5. The van der Waals surface area contributed by atoms with E-state index in [0.717, 1.165) is 30.6 Å². The minimum atomic E-state index is -0.399. The Morgan fingerprint density at radius 1 is 1.32 bits per heavy atom. The van der Waals surface area contributed by atoms with Crippen LogP contribution in [0.4, 0.5) is 10.2 Å². The number of piperidine rings is 1. The van der Waals surface area contributed by atoms with Crippen LogP contribution in [0.1, 0.15) is 29.7 Å². The van der Waals surface area contributed by atoms with Crippen LogP contribution >= 0.6 is 0 Å². The Bertz CT molecular complexity index is 1040. The number of hydrogen-bond donors (Lipinski definition) is 1. The van der Waals surface area contributed by atoms with Crippen molar-refractivity contribution in [2.24, 2.45) is 5.92 Å². The summed E-state index contributed by atoms with van der Waals surface area (Å²) in [5.74, 6) is -0.380. The number of halogens is 1. The molecule has 0 spiro atoms. The third kappa shape index (κ3) is 4.78. The number of hydrogen-bond acceptors (Lipinski definition) is 4. The van der Waals surface area contributed by atoms with Gasteiger partial charge in [0, 0.05) is 26.3 Å². The summed E-state index contributed by atoms with van der Waals surface area (Å²) in [5, 5.41) is 12.5. The summed E-state index contributed by atoms with van der Waals surface area (Å²) in [6.07, 6.45) is 1.66. The van der Waals surface area contributed by atoms with Crippen molar-refractivity contribution in [2.75, 3.05) is 39.0 Å². The average Bonchev–Trinajstić information content (AvgIpc) is 2.96. The molecule has 0 radical (unpaired) electrons. The SMILES string of the molecule is Cc1c(C#N)c(NC(=O)CN2CCCC(C(=O)N(C)C)C2)n(-c2cccc(F)c2)c1C. The highest BCUT2D eigenvalue weighted by atomic mass is 19.1. The first kappa shape index (κ1) is 22.5. The maximum absolute atomic E-state index is 13.8. The van der Waals surface area contributed by atoms with E-state index in [4.69, 9.17) is 0 Å². The molecule has 7 nitrogen and oxygen atoms in total. The average molecular weight is 426 g/mol. The van der Waals surface area contributed by atoms with Gasteiger partial charge in [-0.3, -0.25) is 19.1 Å². The molecular weight excluding hydrogens is 397 g/mol. The third-order valence-electron chi connectivity index (χ3n) is 5.81. The van der Waals surface area contributed by atoms with Crippen molar-refractivity contribution >= 4 is 17.6 Å².